The largest absolute Gasteiger partial charge is 0.462 e. The van der Waals surface area contributed by atoms with Crippen LogP contribution in [0.3, 0.4) is 0 Å². The summed E-state index contributed by atoms with van der Waals surface area (Å²) in [5.41, 5.74) is 5.33. The zero-order valence-corrected chi connectivity index (χ0v) is 16.0. The summed E-state index contributed by atoms with van der Waals surface area (Å²) in [5.74, 6) is -1.90. The van der Waals surface area contributed by atoms with Crippen LogP contribution in [0.25, 0.3) is 10.8 Å². The number of rotatable bonds is 4. The first kappa shape index (κ1) is 19.8. The maximum Gasteiger partial charge on any atom is 0.340 e. The molecule has 3 rings (SSSR count). The fourth-order valence-electron chi connectivity index (χ4n) is 3.01. The third kappa shape index (κ3) is 3.72. The molecule has 0 aliphatic heterocycles. The number of H-pyrrole nitrogens is 2. The lowest BCUT2D eigenvalue weighted by atomic mass is 10.1. The van der Waals surface area contributed by atoms with Crippen molar-refractivity contribution in [3.05, 3.63) is 62.8 Å². The molecule has 0 unspecified atom stereocenters. The molecule has 0 saturated carbocycles. The van der Waals surface area contributed by atoms with Crippen molar-refractivity contribution in [2.75, 3.05) is 6.61 Å². The average Bonchev–Trinajstić information content (AvgIpc) is 3.00. The van der Waals surface area contributed by atoms with Crippen LogP contribution < -0.4 is 16.4 Å². The van der Waals surface area contributed by atoms with Gasteiger partial charge in [0.1, 0.15) is 5.69 Å². The van der Waals surface area contributed by atoms with E-state index in [1.165, 1.54) is 0 Å². The van der Waals surface area contributed by atoms with Crippen molar-refractivity contribution in [3.63, 3.8) is 0 Å². The molecule has 2 aromatic heterocycles. The van der Waals surface area contributed by atoms with E-state index in [1.807, 2.05) is 0 Å². The minimum Gasteiger partial charge on any atom is -0.462 e. The monoisotopic (exact) mass is 397 g/mol. The molecule has 0 aliphatic rings. The van der Waals surface area contributed by atoms with Crippen molar-refractivity contribution < 1.29 is 19.1 Å². The van der Waals surface area contributed by atoms with Crippen LogP contribution in [-0.2, 0) is 4.74 Å². The van der Waals surface area contributed by atoms with Crippen LogP contribution in [0.15, 0.2) is 29.1 Å². The molecule has 29 heavy (non-hydrogen) atoms. The van der Waals surface area contributed by atoms with Crippen LogP contribution in [0.1, 0.15) is 49.5 Å². The first-order chi connectivity index (χ1) is 13.8. The molecule has 10 heteroatoms. The predicted octanol–water partition coefficient (Wildman–Crippen LogP) is 1.12. The van der Waals surface area contributed by atoms with Crippen molar-refractivity contribution >= 4 is 28.6 Å². The number of aryl methyl sites for hydroxylation is 1. The van der Waals surface area contributed by atoms with Gasteiger partial charge in [0.15, 0.2) is 5.69 Å². The average molecular weight is 397 g/mol. The van der Waals surface area contributed by atoms with Gasteiger partial charge in [0.05, 0.1) is 17.6 Å². The number of amides is 2. The summed E-state index contributed by atoms with van der Waals surface area (Å²) in [4.78, 5) is 51.6. The number of hydrogen-bond acceptors (Lipinski definition) is 6. The normalized spacial score (nSPS) is 10.6. The van der Waals surface area contributed by atoms with Crippen molar-refractivity contribution in [1.29, 1.82) is 0 Å². The van der Waals surface area contributed by atoms with Crippen LogP contribution in [0.4, 0.5) is 0 Å². The third-order valence-electron chi connectivity index (χ3n) is 4.34. The van der Waals surface area contributed by atoms with E-state index in [0.29, 0.717) is 22.0 Å². The molecule has 150 valence electrons. The van der Waals surface area contributed by atoms with Crippen molar-refractivity contribution in [2.45, 2.75) is 20.8 Å². The molecule has 1 aromatic carbocycles. The summed E-state index contributed by atoms with van der Waals surface area (Å²) in [5, 5.41) is 6.66. The highest BCUT2D eigenvalue weighted by atomic mass is 16.5. The van der Waals surface area contributed by atoms with E-state index in [1.54, 1.807) is 45.0 Å². The first-order valence-corrected chi connectivity index (χ1v) is 8.79. The fourth-order valence-corrected chi connectivity index (χ4v) is 3.01. The van der Waals surface area contributed by atoms with E-state index in [-0.39, 0.29) is 23.6 Å². The third-order valence-corrected chi connectivity index (χ3v) is 4.34. The molecular formula is C19H19N5O5. The summed E-state index contributed by atoms with van der Waals surface area (Å²) in [6.45, 7) is 5.14. The lowest BCUT2D eigenvalue weighted by Gasteiger charge is -2.08. The zero-order chi connectivity index (χ0) is 21.1. The number of aromatic nitrogens is 3. The number of nitrogens with one attached hydrogen (secondary N) is 4. The Labute approximate surface area is 164 Å². The summed E-state index contributed by atoms with van der Waals surface area (Å²) in [7, 11) is 0. The highest BCUT2D eigenvalue weighted by Crippen LogP contribution is 2.19. The first-order valence-electron chi connectivity index (χ1n) is 8.79. The maximum atomic E-state index is 12.5. The lowest BCUT2D eigenvalue weighted by molar-refractivity contribution is 0.0524. The number of aromatic amines is 2. The smallest absolute Gasteiger partial charge is 0.340 e. The number of esters is 1. The Morgan fingerprint density at radius 1 is 1.07 bits per heavy atom. The standard InChI is InChI=1S/C19H19N5O5/c1-4-29-19(28)13-9(2)14(20-10(13)3)17(26)23-24-18(27)15-11-7-5-6-8-12(11)16(25)22-21-15/h5-8,20H,4H2,1-3H3,(H,22,25)(H,23,26)(H,24,27). The lowest BCUT2D eigenvalue weighted by Crippen LogP contribution is -2.42. The number of carbonyl (C=O) groups excluding carboxylic acids is 3. The second-order valence-electron chi connectivity index (χ2n) is 6.20. The van der Waals surface area contributed by atoms with Gasteiger partial charge in [0.2, 0.25) is 0 Å². The minimum absolute atomic E-state index is 0.0490. The number of hydrogen-bond donors (Lipinski definition) is 4. The van der Waals surface area contributed by atoms with Crippen LogP contribution in [0.2, 0.25) is 0 Å². The molecule has 0 spiro atoms. The van der Waals surface area contributed by atoms with Crippen molar-refractivity contribution in [1.82, 2.24) is 26.0 Å². The van der Waals surface area contributed by atoms with Crippen LogP contribution in [-0.4, -0.2) is 39.6 Å². The molecule has 3 aromatic rings. The van der Waals surface area contributed by atoms with E-state index in [4.69, 9.17) is 4.74 Å². The van der Waals surface area contributed by atoms with Gasteiger partial charge in [-0.1, -0.05) is 18.2 Å². The van der Waals surface area contributed by atoms with Gasteiger partial charge in [0, 0.05) is 11.1 Å². The van der Waals surface area contributed by atoms with Crippen LogP contribution in [0, 0.1) is 13.8 Å². The quantitative estimate of drug-likeness (QED) is 0.383. The summed E-state index contributed by atoms with van der Waals surface area (Å²) in [6.07, 6.45) is 0. The van der Waals surface area contributed by atoms with Gasteiger partial charge in [-0.3, -0.25) is 25.2 Å². The van der Waals surface area contributed by atoms with E-state index >= 15 is 0 Å². The Hall–Kier alpha value is -3.95. The second kappa shape index (κ2) is 7.97. The molecule has 0 aliphatic carbocycles. The van der Waals surface area contributed by atoms with Gasteiger partial charge in [-0.15, -0.1) is 0 Å². The SMILES string of the molecule is CCOC(=O)c1c(C)[nH]c(C(=O)NNC(=O)c2n[nH]c(=O)c3ccccc23)c1C. The maximum absolute atomic E-state index is 12.5. The molecule has 0 bridgehead atoms. The Kier molecular flexibility index (Phi) is 5.44. The number of fused-ring (bicyclic) bond motifs is 1. The Balaban J connectivity index is 1.79. The van der Waals surface area contributed by atoms with Gasteiger partial charge in [0.25, 0.3) is 17.4 Å². The van der Waals surface area contributed by atoms with Gasteiger partial charge >= 0.3 is 5.97 Å². The minimum atomic E-state index is -0.711. The Morgan fingerprint density at radius 2 is 1.72 bits per heavy atom. The molecule has 2 heterocycles. The highest BCUT2D eigenvalue weighted by molar-refractivity contribution is 6.06. The van der Waals surface area contributed by atoms with E-state index < -0.39 is 23.3 Å². The van der Waals surface area contributed by atoms with E-state index in [9.17, 15) is 19.2 Å². The second-order valence-corrected chi connectivity index (χ2v) is 6.20. The molecule has 0 fully saturated rings. The number of nitrogens with zero attached hydrogens (tertiary/aromatic N) is 1. The highest BCUT2D eigenvalue weighted by Gasteiger charge is 2.23. The Bertz CT molecular complexity index is 1180. The van der Waals surface area contributed by atoms with E-state index in [0.717, 1.165) is 0 Å². The summed E-state index contributed by atoms with van der Waals surface area (Å²) < 4.78 is 4.99. The van der Waals surface area contributed by atoms with Crippen molar-refractivity contribution in [2.24, 2.45) is 0 Å². The van der Waals surface area contributed by atoms with Crippen molar-refractivity contribution in [3.8, 4) is 0 Å². The van der Waals surface area contributed by atoms with Gasteiger partial charge in [-0.25, -0.2) is 9.89 Å². The fraction of sp³-hybridized carbons (Fsp3) is 0.211. The van der Waals surface area contributed by atoms with Gasteiger partial charge < -0.3 is 9.72 Å². The number of benzene rings is 1. The molecule has 4 N–H and O–H groups in total. The molecule has 0 atom stereocenters. The Morgan fingerprint density at radius 3 is 2.41 bits per heavy atom. The molecule has 2 amide bonds. The van der Waals surface area contributed by atoms with Crippen LogP contribution >= 0.6 is 0 Å². The molecule has 0 saturated heterocycles. The van der Waals surface area contributed by atoms with E-state index in [2.05, 4.69) is 26.0 Å². The number of hydrazine groups is 1. The molecule has 0 radical (unpaired) electrons. The van der Waals surface area contributed by atoms with Gasteiger partial charge in [-0.2, -0.15) is 5.10 Å². The molecular weight excluding hydrogens is 378 g/mol. The van der Waals surface area contributed by atoms with Gasteiger partial charge in [-0.05, 0) is 32.4 Å². The topological polar surface area (TPSA) is 146 Å². The summed E-state index contributed by atoms with van der Waals surface area (Å²) in [6, 6.07) is 6.48. The number of carbonyl (C=O) groups is 3. The summed E-state index contributed by atoms with van der Waals surface area (Å²) >= 11 is 0. The molecule has 10 nitrogen and oxygen atoms in total. The zero-order valence-electron chi connectivity index (χ0n) is 16.0. The number of ether oxygens (including phenoxy) is 1. The van der Waals surface area contributed by atoms with Crippen LogP contribution in [0.5, 0.6) is 0 Å². The predicted molar refractivity (Wildman–Crippen MR) is 104 cm³/mol.